The predicted octanol–water partition coefficient (Wildman–Crippen LogP) is 17.1. The van der Waals surface area contributed by atoms with Gasteiger partial charge in [0.15, 0.2) is 0 Å². The number of aliphatic hydroxyl groups excluding tert-OH is 1. The largest absolute Gasteiger partial charge is 1.00 e. The summed E-state index contributed by atoms with van der Waals surface area (Å²) in [5.74, 6) is -0.335. The van der Waals surface area contributed by atoms with E-state index in [1.165, 1.54) is 314 Å². The number of carbonyl (C=O) groups excluding carboxylic acids is 1. The lowest BCUT2D eigenvalue weighted by Crippen LogP contribution is -3.00. The molecule has 0 radical (unpaired) electrons. The molecule has 0 aliphatic heterocycles. The van der Waals surface area contributed by atoms with Gasteiger partial charge in [0.1, 0.15) is 19.3 Å². The van der Waals surface area contributed by atoms with Crippen molar-refractivity contribution in [3.63, 3.8) is 0 Å². The van der Waals surface area contributed by atoms with E-state index in [4.69, 9.17) is 4.74 Å². The Morgan fingerprint density at radius 1 is 0.379 bits per heavy atom. The summed E-state index contributed by atoms with van der Waals surface area (Å²) in [7, 11) is 0. The van der Waals surface area contributed by atoms with Crippen molar-refractivity contribution >= 4 is 5.97 Å². The summed E-state index contributed by atoms with van der Waals surface area (Å²) >= 11 is 0. The van der Waals surface area contributed by atoms with Crippen LogP contribution in [0.5, 0.6) is 0 Å². The van der Waals surface area contributed by atoms with Crippen molar-refractivity contribution in [1.29, 1.82) is 0 Å². The van der Waals surface area contributed by atoms with Crippen molar-refractivity contribution in [2.45, 2.75) is 342 Å². The first-order chi connectivity index (χ1) is 32.0. The number of hydrogen-bond acceptors (Lipinski definition) is 3. The highest BCUT2D eigenvalue weighted by molar-refractivity contribution is 5.81. The molecule has 0 aromatic carbocycles. The van der Waals surface area contributed by atoms with Gasteiger partial charge >= 0.3 is 5.97 Å². The second-order valence-corrected chi connectivity index (χ2v) is 21.4. The lowest BCUT2D eigenvalue weighted by molar-refractivity contribution is -0.931. The quantitative estimate of drug-likeness (QED) is 0.0286. The summed E-state index contributed by atoms with van der Waals surface area (Å²) in [5, 5.41) is 11.4. The Balaban J connectivity index is 0. The van der Waals surface area contributed by atoms with Gasteiger partial charge in [-0.3, -0.25) is 0 Å². The average Bonchev–Trinajstić information content (AvgIpc) is 3.30. The number of nitrogens with zero attached hydrogens (tertiary/aromatic N) is 1. The van der Waals surface area contributed by atoms with Gasteiger partial charge in [-0.1, -0.05) is 297 Å². The third-order valence-corrected chi connectivity index (χ3v) is 14.8. The number of rotatable bonds is 56. The molecule has 0 saturated carbocycles. The van der Waals surface area contributed by atoms with Gasteiger partial charge in [-0.2, -0.15) is 0 Å². The number of halogens is 1. The lowest BCUT2D eigenvalue weighted by atomic mass is 10.0. The number of carbonyl (C=O) groups is 1. The van der Waals surface area contributed by atoms with E-state index in [1.54, 1.807) is 6.08 Å². The molecule has 0 saturated heterocycles. The van der Waals surface area contributed by atoms with E-state index in [-0.39, 0.29) is 25.0 Å². The van der Waals surface area contributed by atoms with E-state index in [9.17, 15) is 9.90 Å². The topological polar surface area (TPSA) is 46.5 Å². The van der Waals surface area contributed by atoms with Gasteiger partial charge in [0, 0.05) is 6.08 Å². The Morgan fingerprint density at radius 2 is 0.576 bits per heavy atom. The summed E-state index contributed by atoms with van der Waals surface area (Å²) in [6.45, 7) is 13.1. The Labute approximate surface area is 422 Å². The maximum Gasteiger partial charge on any atom is 0.330 e. The van der Waals surface area contributed by atoms with Crippen molar-refractivity contribution in [1.82, 2.24) is 0 Å². The fourth-order valence-electron chi connectivity index (χ4n) is 10.5. The third-order valence-electron chi connectivity index (χ3n) is 14.8. The highest BCUT2D eigenvalue weighted by Gasteiger charge is 2.30. The summed E-state index contributed by atoms with van der Waals surface area (Å²) < 4.78 is 6.52. The van der Waals surface area contributed by atoms with E-state index >= 15 is 0 Å². The number of unbranched alkanes of at least 4 members (excludes halogenated alkanes) is 45. The first-order valence-corrected chi connectivity index (χ1v) is 30.4. The van der Waals surface area contributed by atoms with Crippen LogP contribution < -0.4 is 12.4 Å². The van der Waals surface area contributed by atoms with Crippen LogP contribution in [0.2, 0.25) is 0 Å². The van der Waals surface area contributed by atoms with Crippen LogP contribution in [0, 0.1) is 0 Å². The van der Waals surface area contributed by atoms with E-state index in [0.29, 0.717) is 0 Å². The average molecular weight is 953 g/mol. The number of esters is 1. The van der Waals surface area contributed by atoms with Crippen LogP contribution in [0.4, 0.5) is 0 Å². The fourth-order valence-corrected chi connectivity index (χ4v) is 10.5. The molecule has 0 amide bonds. The van der Waals surface area contributed by atoms with Crippen molar-refractivity contribution in [2.75, 3.05) is 32.8 Å². The van der Waals surface area contributed by atoms with Gasteiger partial charge in [0.05, 0.1) is 19.6 Å². The molecule has 0 rings (SSSR count). The highest BCUT2D eigenvalue weighted by Crippen LogP contribution is 2.22. The summed E-state index contributed by atoms with van der Waals surface area (Å²) in [6, 6.07) is 0. The van der Waals surface area contributed by atoms with E-state index < -0.39 is 6.10 Å². The monoisotopic (exact) mass is 952 g/mol. The minimum absolute atomic E-state index is 0. The minimum atomic E-state index is -0.604. The molecule has 0 aliphatic carbocycles. The summed E-state index contributed by atoms with van der Waals surface area (Å²) in [5.41, 5.74) is 0. The maximum atomic E-state index is 12.2. The molecule has 0 heterocycles. The second kappa shape index (κ2) is 57.0. The summed E-state index contributed by atoms with van der Waals surface area (Å²) in [6.07, 6.45) is 69.6. The Hall–Kier alpha value is -0.580. The van der Waals surface area contributed by atoms with Crippen molar-refractivity contribution < 1.29 is 31.5 Å². The number of hydrogen-bond donors (Lipinski definition) is 1. The molecule has 396 valence electrons. The minimum Gasteiger partial charge on any atom is -1.00 e. The first kappa shape index (κ1) is 67.5. The number of aliphatic hydroxyl groups is 1. The van der Waals surface area contributed by atoms with Crippen LogP contribution in [0.25, 0.3) is 0 Å². The van der Waals surface area contributed by atoms with Crippen molar-refractivity contribution in [3.05, 3.63) is 12.2 Å². The zero-order valence-electron chi connectivity index (χ0n) is 45.8. The number of quaternary nitrogens is 1. The molecule has 4 nitrogen and oxygen atoms in total. The van der Waals surface area contributed by atoms with Crippen molar-refractivity contribution in [2.24, 2.45) is 0 Å². The number of ether oxygens (including phenoxy) is 1. The van der Waals surface area contributed by atoms with Gasteiger partial charge in [-0.05, 0) is 45.4 Å². The molecule has 0 bridgehead atoms. The second-order valence-electron chi connectivity index (χ2n) is 21.4. The van der Waals surface area contributed by atoms with Gasteiger partial charge in [-0.25, -0.2) is 4.79 Å². The van der Waals surface area contributed by atoms with E-state index in [1.807, 2.05) is 6.92 Å². The molecule has 1 N–H and O–H groups in total. The van der Waals surface area contributed by atoms with Crippen LogP contribution in [-0.4, -0.2) is 54.4 Å². The zero-order chi connectivity index (χ0) is 47.3. The Morgan fingerprint density at radius 3 is 0.773 bits per heavy atom. The molecule has 66 heavy (non-hydrogen) atoms. The molecular weight excluding hydrogens is 830 g/mol. The van der Waals surface area contributed by atoms with Gasteiger partial charge in [-0.15, -0.1) is 0 Å². The molecular formula is C61H122ClNO3. The van der Waals surface area contributed by atoms with Crippen LogP contribution in [0.3, 0.4) is 0 Å². The molecule has 5 heteroatoms. The van der Waals surface area contributed by atoms with E-state index in [0.717, 1.165) is 30.7 Å². The van der Waals surface area contributed by atoms with Crippen LogP contribution in [-0.2, 0) is 9.53 Å². The first-order valence-electron chi connectivity index (χ1n) is 30.4. The van der Waals surface area contributed by atoms with Gasteiger partial charge < -0.3 is 26.7 Å². The van der Waals surface area contributed by atoms with Crippen LogP contribution in [0.15, 0.2) is 12.2 Å². The van der Waals surface area contributed by atoms with Crippen molar-refractivity contribution in [3.8, 4) is 0 Å². The lowest BCUT2D eigenvalue weighted by Gasteiger charge is -2.40. The zero-order valence-corrected chi connectivity index (χ0v) is 46.6. The molecule has 0 aliphatic rings. The number of allylic oxidation sites excluding steroid dienone is 1. The van der Waals surface area contributed by atoms with Crippen LogP contribution in [0.1, 0.15) is 336 Å². The predicted molar refractivity (Wildman–Crippen MR) is 290 cm³/mol. The van der Waals surface area contributed by atoms with Gasteiger partial charge in [0.25, 0.3) is 0 Å². The maximum absolute atomic E-state index is 12.2. The molecule has 1 atom stereocenters. The Kier molecular flexibility index (Phi) is 58.3. The molecule has 0 spiro atoms. The van der Waals surface area contributed by atoms with Crippen LogP contribution >= 0.6 is 0 Å². The molecule has 0 aromatic rings. The Bertz CT molecular complexity index is 853. The molecule has 0 aromatic heterocycles. The smallest absolute Gasteiger partial charge is 0.330 e. The SMILES string of the molecule is CC=CC(=O)OCC(O)C[N+](CCCCCCCCCCCCCCCCCC)(CCCCCCCCCCCCCCCCCC)CCCCCCCCCCCCCCCCCC.[Cl-]. The molecule has 0 fully saturated rings. The normalized spacial score (nSPS) is 12.3. The highest BCUT2D eigenvalue weighted by atomic mass is 35.5. The standard InChI is InChI=1S/C61H122NO3.ClH/c1-5-9-12-15-18-21-24-27-30-33-36-39-42-45-48-51-55-62(58-60(63)59-65-61(64)54-8-4,56-52-49-46-43-40-37-34-31-28-25-22-19-16-13-10-6-2)57-53-50-47-44-41-38-35-32-29-26-23-20-17-14-11-7-3;/h8,54,60,63H,5-7,9-53,55-59H2,1-4H3;1H/q+1;/p-1. The van der Waals surface area contributed by atoms with Gasteiger partial charge in [0.2, 0.25) is 0 Å². The fraction of sp³-hybridized carbons (Fsp3) is 0.951. The van der Waals surface area contributed by atoms with E-state index in [2.05, 4.69) is 20.8 Å². The third kappa shape index (κ3) is 51.3. The molecule has 1 unspecified atom stereocenters. The summed E-state index contributed by atoms with van der Waals surface area (Å²) in [4.78, 5) is 12.2.